The SMILES string of the molecule is CS(=O)(=O)CCC(=O)N1CCCC(N2CCCC2)C1. The van der Waals surface area contributed by atoms with Crippen molar-refractivity contribution in [3.8, 4) is 0 Å². The summed E-state index contributed by atoms with van der Waals surface area (Å²) in [6, 6.07) is 0.485. The van der Waals surface area contributed by atoms with Gasteiger partial charge in [-0.2, -0.15) is 0 Å². The molecule has 5 nitrogen and oxygen atoms in total. The number of sulfone groups is 1. The first-order valence-corrected chi connectivity index (χ1v) is 9.21. The fourth-order valence-corrected chi connectivity index (χ4v) is 3.56. The fraction of sp³-hybridized carbons (Fsp3) is 0.923. The van der Waals surface area contributed by atoms with Gasteiger partial charge >= 0.3 is 0 Å². The molecule has 0 N–H and O–H groups in total. The van der Waals surface area contributed by atoms with Gasteiger partial charge in [0.05, 0.1) is 5.75 Å². The van der Waals surface area contributed by atoms with Gasteiger partial charge in [-0.25, -0.2) is 8.42 Å². The Hall–Kier alpha value is -0.620. The molecule has 0 aromatic carbocycles. The van der Waals surface area contributed by atoms with Crippen LogP contribution in [0.3, 0.4) is 0 Å². The molecule has 0 aromatic rings. The second kappa shape index (κ2) is 6.22. The van der Waals surface area contributed by atoms with Crippen molar-refractivity contribution in [1.29, 1.82) is 0 Å². The van der Waals surface area contributed by atoms with E-state index in [9.17, 15) is 13.2 Å². The van der Waals surface area contributed by atoms with Crippen LogP contribution in [0, 0.1) is 0 Å². The third-order valence-corrected chi connectivity index (χ3v) is 5.04. The van der Waals surface area contributed by atoms with Gasteiger partial charge in [-0.1, -0.05) is 0 Å². The van der Waals surface area contributed by atoms with Crippen molar-refractivity contribution < 1.29 is 13.2 Å². The molecule has 2 fully saturated rings. The van der Waals surface area contributed by atoms with Crippen LogP contribution in [-0.4, -0.2) is 68.4 Å². The Kier molecular flexibility index (Phi) is 4.84. The highest BCUT2D eigenvalue weighted by atomic mass is 32.2. The summed E-state index contributed by atoms with van der Waals surface area (Å²) in [7, 11) is -3.04. The van der Waals surface area contributed by atoms with Gasteiger partial charge in [-0.05, 0) is 38.8 Å². The van der Waals surface area contributed by atoms with Gasteiger partial charge in [0.2, 0.25) is 5.91 Å². The Morgan fingerprint density at radius 1 is 1.16 bits per heavy atom. The molecule has 2 rings (SSSR count). The van der Waals surface area contributed by atoms with Crippen LogP contribution < -0.4 is 0 Å². The van der Waals surface area contributed by atoms with Crippen LogP contribution in [-0.2, 0) is 14.6 Å². The zero-order valence-corrected chi connectivity index (χ0v) is 12.5. The van der Waals surface area contributed by atoms with Crippen molar-refractivity contribution in [2.24, 2.45) is 0 Å². The number of piperidine rings is 1. The topological polar surface area (TPSA) is 57.7 Å². The zero-order valence-electron chi connectivity index (χ0n) is 11.7. The van der Waals surface area contributed by atoms with E-state index in [4.69, 9.17) is 0 Å². The highest BCUT2D eigenvalue weighted by Crippen LogP contribution is 2.20. The fourth-order valence-electron chi connectivity index (χ4n) is 3.02. The summed E-state index contributed by atoms with van der Waals surface area (Å²) in [5.41, 5.74) is 0. The summed E-state index contributed by atoms with van der Waals surface area (Å²) in [5.74, 6) is -0.0363. The van der Waals surface area contributed by atoms with Gasteiger partial charge in [-0.15, -0.1) is 0 Å². The van der Waals surface area contributed by atoms with Crippen LogP contribution in [0.15, 0.2) is 0 Å². The molecule has 1 unspecified atom stereocenters. The molecule has 2 aliphatic heterocycles. The van der Waals surface area contributed by atoms with Crippen LogP contribution in [0.2, 0.25) is 0 Å². The van der Waals surface area contributed by atoms with Gasteiger partial charge in [0.25, 0.3) is 0 Å². The maximum absolute atomic E-state index is 12.0. The summed E-state index contributed by atoms with van der Waals surface area (Å²) < 4.78 is 22.2. The highest BCUT2D eigenvalue weighted by Gasteiger charge is 2.29. The lowest BCUT2D eigenvalue weighted by atomic mass is 10.0. The lowest BCUT2D eigenvalue weighted by molar-refractivity contribution is -0.132. The molecular formula is C13H24N2O3S. The predicted octanol–water partition coefficient (Wildman–Crippen LogP) is 0.508. The molecule has 1 amide bonds. The molecule has 2 saturated heterocycles. The smallest absolute Gasteiger partial charge is 0.223 e. The first-order chi connectivity index (χ1) is 8.96. The molecule has 0 bridgehead atoms. The average molecular weight is 288 g/mol. The monoisotopic (exact) mass is 288 g/mol. The van der Waals surface area contributed by atoms with Crippen LogP contribution in [0.5, 0.6) is 0 Å². The van der Waals surface area contributed by atoms with Gasteiger partial charge in [0.15, 0.2) is 0 Å². The molecule has 1 atom stereocenters. The second-order valence-corrected chi connectivity index (χ2v) is 8.02. The van der Waals surface area contributed by atoms with Gasteiger partial charge in [0, 0.05) is 31.8 Å². The zero-order chi connectivity index (χ0) is 13.9. The van der Waals surface area contributed by atoms with E-state index in [0.717, 1.165) is 39.0 Å². The standard InChI is InChI=1S/C13H24N2O3S/c1-19(17,18)10-6-13(16)15-9-4-5-12(11-15)14-7-2-3-8-14/h12H,2-11H2,1H3. The lowest BCUT2D eigenvalue weighted by Gasteiger charge is -2.37. The molecule has 0 aliphatic carbocycles. The Morgan fingerprint density at radius 2 is 1.84 bits per heavy atom. The number of carbonyl (C=O) groups is 1. The second-order valence-electron chi connectivity index (χ2n) is 5.76. The largest absolute Gasteiger partial charge is 0.341 e. The maximum Gasteiger partial charge on any atom is 0.223 e. The van der Waals surface area contributed by atoms with E-state index in [0.29, 0.717) is 6.04 Å². The van der Waals surface area contributed by atoms with E-state index in [1.165, 1.54) is 19.1 Å². The molecule has 110 valence electrons. The predicted molar refractivity (Wildman–Crippen MR) is 74.7 cm³/mol. The van der Waals surface area contributed by atoms with E-state index in [2.05, 4.69) is 4.90 Å². The number of hydrogen-bond donors (Lipinski definition) is 0. The summed E-state index contributed by atoms with van der Waals surface area (Å²) in [4.78, 5) is 16.4. The summed E-state index contributed by atoms with van der Waals surface area (Å²) in [5, 5.41) is 0. The molecule has 0 saturated carbocycles. The number of amides is 1. The minimum absolute atomic E-state index is 0.00526. The van der Waals surface area contributed by atoms with Crippen molar-refractivity contribution in [1.82, 2.24) is 9.80 Å². The molecule has 2 heterocycles. The van der Waals surface area contributed by atoms with E-state index in [1.54, 1.807) is 0 Å². The molecule has 6 heteroatoms. The molecule has 0 spiro atoms. The Morgan fingerprint density at radius 3 is 2.47 bits per heavy atom. The number of hydrogen-bond acceptors (Lipinski definition) is 4. The minimum Gasteiger partial charge on any atom is -0.341 e. The third-order valence-electron chi connectivity index (χ3n) is 4.09. The molecule has 2 aliphatic rings. The molecule has 0 radical (unpaired) electrons. The number of rotatable bonds is 4. The summed E-state index contributed by atoms with van der Waals surface area (Å²) >= 11 is 0. The van der Waals surface area contributed by atoms with Crippen molar-refractivity contribution >= 4 is 15.7 Å². The first kappa shape index (κ1) is 14.8. The van der Waals surface area contributed by atoms with E-state index in [-0.39, 0.29) is 18.1 Å². The molecule has 0 aromatic heterocycles. The average Bonchev–Trinajstić information content (AvgIpc) is 2.89. The van der Waals surface area contributed by atoms with E-state index >= 15 is 0 Å². The summed E-state index contributed by atoms with van der Waals surface area (Å²) in [6.07, 6.45) is 6.04. The van der Waals surface area contributed by atoms with Crippen molar-refractivity contribution in [3.05, 3.63) is 0 Å². The van der Waals surface area contributed by atoms with Gasteiger partial charge in [-0.3, -0.25) is 9.69 Å². The van der Waals surface area contributed by atoms with Crippen LogP contribution >= 0.6 is 0 Å². The normalized spacial score (nSPS) is 25.7. The number of nitrogens with zero attached hydrogens (tertiary/aromatic N) is 2. The molecule has 19 heavy (non-hydrogen) atoms. The van der Waals surface area contributed by atoms with E-state index in [1.807, 2.05) is 4.90 Å². The number of carbonyl (C=O) groups excluding carboxylic acids is 1. The first-order valence-electron chi connectivity index (χ1n) is 7.15. The van der Waals surface area contributed by atoms with Crippen LogP contribution in [0.1, 0.15) is 32.1 Å². The molecular weight excluding hydrogens is 264 g/mol. The minimum atomic E-state index is -3.04. The van der Waals surface area contributed by atoms with Crippen molar-refractivity contribution in [3.63, 3.8) is 0 Å². The number of likely N-dealkylation sites (tertiary alicyclic amines) is 2. The van der Waals surface area contributed by atoms with Gasteiger partial charge < -0.3 is 4.90 Å². The Balaban J connectivity index is 1.84. The highest BCUT2D eigenvalue weighted by molar-refractivity contribution is 7.90. The van der Waals surface area contributed by atoms with Crippen molar-refractivity contribution in [2.75, 3.05) is 38.2 Å². The van der Waals surface area contributed by atoms with Crippen molar-refractivity contribution in [2.45, 2.75) is 38.1 Å². The Labute approximate surface area is 115 Å². The maximum atomic E-state index is 12.0. The quantitative estimate of drug-likeness (QED) is 0.756. The van der Waals surface area contributed by atoms with Crippen LogP contribution in [0.25, 0.3) is 0 Å². The van der Waals surface area contributed by atoms with E-state index < -0.39 is 9.84 Å². The Bertz CT molecular complexity index is 416. The van der Waals surface area contributed by atoms with Gasteiger partial charge in [0.1, 0.15) is 9.84 Å². The van der Waals surface area contributed by atoms with Crippen LogP contribution in [0.4, 0.5) is 0 Å². The third kappa shape index (κ3) is 4.45. The summed E-state index contributed by atoms with van der Waals surface area (Å²) in [6.45, 7) is 3.86. The lowest BCUT2D eigenvalue weighted by Crippen LogP contribution is -2.49.